The van der Waals surface area contributed by atoms with Gasteiger partial charge < -0.3 is 31.9 Å². The van der Waals surface area contributed by atoms with Crippen LogP contribution in [0.2, 0.25) is 0 Å². The van der Waals surface area contributed by atoms with Gasteiger partial charge in [-0.2, -0.15) is 5.10 Å². The Morgan fingerprint density at radius 1 is 1.28 bits per heavy atom. The van der Waals surface area contributed by atoms with E-state index in [0.717, 1.165) is 6.20 Å². The van der Waals surface area contributed by atoms with Crippen LogP contribution in [0, 0.1) is 17.7 Å². The molecular weight excluding hydrogens is 427 g/mol. The fourth-order valence-corrected chi connectivity index (χ4v) is 5.22. The number of H-pyrrole nitrogens is 1. The Kier molecular flexibility index (Phi) is 3.87. The van der Waals surface area contributed by atoms with E-state index >= 15 is 4.39 Å². The fourth-order valence-electron chi connectivity index (χ4n) is 5.22. The van der Waals surface area contributed by atoms with E-state index in [1.807, 2.05) is 0 Å². The van der Waals surface area contributed by atoms with E-state index in [-0.39, 0.29) is 29.3 Å². The number of carbonyl (C=O) groups is 3. The third kappa shape index (κ3) is 2.14. The van der Waals surface area contributed by atoms with Gasteiger partial charge >= 0.3 is 0 Å². The summed E-state index contributed by atoms with van der Waals surface area (Å²) in [4.78, 5) is 37.9. The number of aliphatic hydroxyl groups excluding tert-OH is 2. The van der Waals surface area contributed by atoms with Crippen molar-refractivity contribution in [1.29, 1.82) is 0 Å². The maximum atomic E-state index is 15.1. The zero-order chi connectivity index (χ0) is 23.3. The number of amides is 1. The minimum Gasteiger partial charge on any atom is -0.510 e. The predicted molar refractivity (Wildman–Crippen MR) is 104 cm³/mol. The van der Waals surface area contributed by atoms with Crippen LogP contribution in [0.4, 0.5) is 4.39 Å². The van der Waals surface area contributed by atoms with E-state index in [9.17, 15) is 34.8 Å². The van der Waals surface area contributed by atoms with Crippen molar-refractivity contribution in [2.24, 2.45) is 23.3 Å². The number of rotatable bonds is 1. The molecule has 1 aromatic carbocycles. The smallest absolute Gasteiger partial charge is 0.255 e. The molecule has 0 saturated carbocycles. The second-order valence-corrected chi connectivity index (χ2v) is 8.26. The predicted octanol–water partition coefficient (Wildman–Crippen LogP) is -0.467. The Bertz CT molecular complexity index is 1340. The highest BCUT2D eigenvalue weighted by Gasteiger charge is 2.62. The first-order chi connectivity index (χ1) is 15.0. The van der Waals surface area contributed by atoms with Crippen LogP contribution in [0.5, 0.6) is 5.75 Å². The summed E-state index contributed by atoms with van der Waals surface area (Å²) >= 11 is 0. The summed E-state index contributed by atoms with van der Waals surface area (Å²) in [6.07, 6.45) is 0.789. The molecule has 1 amide bonds. The standard InChI is InChI=1S/C20H17FN4O7/c21-11-5-1-4-2-7-12(22)15(27)10(19(23)31)18(30)20(7,32)17(29)8(4)14(26)9(5)16(28)13-6(11)3-24-25-13/h3-4,7,12,27-29,32H,1-2,22H2,(H2,23,31)(H,24,25)/t4-,7-,12-,20-/m0/s1. The van der Waals surface area contributed by atoms with Crippen molar-refractivity contribution in [2.45, 2.75) is 24.5 Å². The number of fused-ring (bicyclic) bond motifs is 4. The molecule has 12 heteroatoms. The highest BCUT2D eigenvalue weighted by Crippen LogP contribution is 2.52. The molecule has 5 rings (SSSR count). The van der Waals surface area contributed by atoms with Gasteiger partial charge in [0.25, 0.3) is 5.91 Å². The number of allylic oxidation sites excluding steroid dienone is 1. The van der Waals surface area contributed by atoms with Gasteiger partial charge in [0, 0.05) is 17.1 Å². The number of Topliss-reactive ketones (excluding diaryl/α,β-unsaturated/α-hetero) is 2. The van der Waals surface area contributed by atoms with E-state index in [1.165, 1.54) is 0 Å². The van der Waals surface area contributed by atoms with Gasteiger partial charge in [-0.1, -0.05) is 0 Å². The number of carbonyl (C=O) groups excluding carboxylic acids is 3. The SMILES string of the molecule is NC(=O)C1=C(O)[C@@H](N)[C@@H]2C[C@@H]3Cc4c(c(O)c5[nH]ncc5c4F)C(=O)C3=C(O)[C@]2(O)C1=O. The summed E-state index contributed by atoms with van der Waals surface area (Å²) in [6, 6.07) is -1.46. The number of aliphatic hydroxyl groups is 3. The van der Waals surface area contributed by atoms with Crippen molar-refractivity contribution in [3.63, 3.8) is 0 Å². The van der Waals surface area contributed by atoms with Gasteiger partial charge in [-0.25, -0.2) is 4.39 Å². The average Bonchev–Trinajstić information content (AvgIpc) is 3.23. The molecule has 0 aliphatic heterocycles. The lowest BCUT2D eigenvalue weighted by Gasteiger charge is -2.47. The third-order valence-corrected chi connectivity index (χ3v) is 6.76. The molecular formula is C20H17FN4O7. The largest absolute Gasteiger partial charge is 0.510 e. The van der Waals surface area contributed by atoms with Crippen LogP contribution in [-0.2, 0) is 16.0 Å². The van der Waals surface area contributed by atoms with Gasteiger partial charge in [0.05, 0.1) is 23.2 Å². The summed E-state index contributed by atoms with van der Waals surface area (Å²) in [5, 5.41) is 49.0. The summed E-state index contributed by atoms with van der Waals surface area (Å²) in [5.41, 5.74) is 6.26. The van der Waals surface area contributed by atoms with Crippen LogP contribution in [0.3, 0.4) is 0 Å². The lowest BCUT2D eigenvalue weighted by atomic mass is 9.59. The van der Waals surface area contributed by atoms with Gasteiger partial charge in [-0.15, -0.1) is 0 Å². The van der Waals surface area contributed by atoms with Gasteiger partial charge in [0.15, 0.2) is 17.1 Å². The van der Waals surface area contributed by atoms with Crippen molar-refractivity contribution in [1.82, 2.24) is 10.2 Å². The van der Waals surface area contributed by atoms with Crippen molar-refractivity contribution in [2.75, 3.05) is 0 Å². The summed E-state index contributed by atoms with van der Waals surface area (Å²) < 4.78 is 15.1. The molecule has 3 aliphatic rings. The molecule has 0 unspecified atom stereocenters. The molecule has 1 heterocycles. The van der Waals surface area contributed by atoms with E-state index in [0.29, 0.717) is 0 Å². The lowest BCUT2D eigenvalue weighted by molar-refractivity contribution is -0.145. The molecule has 4 atom stereocenters. The second-order valence-electron chi connectivity index (χ2n) is 8.26. The minimum atomic E-state index is -2.80. The number of aromatic hydroxyl groups is 1. The van der Waals surface area contributed by atoms with E-state index in [4.69, 9.17) is 11.5 Å². The van der Waals surface area contributed by atoms with Crippen molar-refractivity contribution < 1.29 is 39.2 Å². The zero-order valence-electron chi connectivity index (χ0n) is 16.2. The Labute approximate surface area is 177 Å². The first-order valence-electron chi connectivity index (χ1n) is 9.62. The maximum Gasteiger partial charge on any atom is 0.255 e. The van der Waals surface area contributed by atoms with Crippen LogP contribution in [0.25, 0.3) is 10.9 Å². The second kappa shape index (κ2) is 6.14. The Hall–Kier alpha value is -3.77. The molecule has 166 valence electrons. The number of aromatic amines is 1. The van der Waals surface area contributed by atoms with Crippen LogP contribution < -0.4 is 11.5 Å². The van der Waals surface area contributed by atoms with Crippen LogP contribution in [0.15, 0.2) is 28.9 Å². The normalized spacial score (nSPS) is 29.8. The first-order valence-corrected chi connectivity index (χ1v) is 9.62. The number of aromatic nitrogens is 2. The number of hydrogen-bond donors (Lipinski definition) is 7. The molecule has 32 heavy (non-hydrogen) atoms. The molecule has 0 radical (unpaired) electrons. The van der Waals surface area contributed by atoms with Gasteiger partial charge in [0.2, 0.25) is 5.78 Å². The van der Waals surface area contributed by atoms with Gasteiger partial charge in [-0.3, -0.25) is 19.5 Å². The van der Waals surface area contributed by atoms with E-state index in [1.54, 1.807) is 0 Å². The number of nitrogens with zero attached hydrogens (tertiary/aromatic N) is 1. The molecule has 3 aliphatic carbocycles. The van der Waals surface area contributed by atoms with E-state index in [2.05, 4.69) is 10.2 Å². The zero-order valence-corrected chi connectivity index (χ0v) is 16.2. The molecule has 0 saturated heterocycles. The molecule has 11 nitrogen and oxygen atoms in total. The molecule has 0 spiro atoms. The average molecular weight is 444 g/mol. The number of nitrogens with two attached hydrogens (primary N) is 2. The number of halogens is 1. The van der Waals surface area contributed by atoms with Gasteiger partial charge in [0.1, 0.15) is 28.4 Å². The quantitative estimate of drug-likeness (QED) is 0.283. The molecule has 2 aromatic rings. The van der Waals surface area contributed by atoms with Crippen molar-refractivity contribution >= 4 is 28.4 Å². The number of nitrogens with one attached hydrogen (secondary N) is 1. The third-order valence-electron chi connectivity index (χ3n) is 6.76. The number of benzene rings is 1. The van der Waals surface area contributed by atoms with Crippen LogP contribution >= 0.6 is 0 Å². The summed E-state index contributed by atoms with van der Waals surface area (Å²) in [7, 11) is 0. The fraction of sp³-hybridized carbons (Fsp3) is 0.300. The molecule has 0 fully saturated rings. The lowest BCUT2D eigenvalue weighted by Crippen LogP contribution is -2.63. The molecule has 1 aromatic heterocycles. The number of phenolic OH excluding ortho intramolecular Hbond substituents is 1. The monoisotopic (exact) mass is 444 g/mol. The Morgan fingerprint density at radius 3 is 2.62 bits per heavy atom. The number of primary amides is 1. The highest BCUT2D eigenvalue weighted by atomic mass is 19.1. The Balaban J connectivity index is 1.76. The first kappa shape index (κ1) is 20.2. The molecule has 0 bridgehead atoms. The highest BCUT2D eigenvalue weighted by molar-refractivity contribution is 6.25. The van der Waals surface area contributed by atoms with Crippen LogP contribution in [0.1, 0.15) is 22.3 Å². The van der Waals surface area contributed by atoms with E-state index < -0.39 is 80.7 Å². The number of ketones is 2. The summed E-state index contributed by atoms with van der Waals surface area (Å²) in [6.45, 7) is 0. The summed E-state index contributed by atoms with van der Waals surface area (Å²) in [5.74, 6) is -9.23. The van der Waals surface area contributed by atoms with Crippen LogP contribution in [-0.4, -0.2) is 59.7 Å². The van der Waals surface area contributed by atoms with Gasteiger partial charge in [-0.05, 0) is 18.8 Å². The Morgan fingerprint density at radius 2 is 1.97 bits per heavy atom. The van der Waals surface area contributed by atoms with Crippen molar-refractivity contribution in [3.8, 4) is 5.75 Å². The van der Waals surface area contributed by atoms with Crippen molar-refractivity contribution in [3.05, 3.63) is 45.8 Å². The maximum absolute atomic E-state index is 15.1. The minimum absolute atomic E-state index is 0.0331. The topological polar surface area (TPSA) is 213 Å². The number of phenols is 1. The number of hydrogen-bond acceptors (Lipinski definition) is 9. The molecule has 9 N–H and O–H groups in total.